The van der Waals surface area contributed by atoms with Gasteiger partial charge in [0.15, 0.2) is 11.5 Å². The van der Waals surface area contributed by atoms with Crippen LogP contribution in [0.4, 0.5) is 0 Å². The molecule has 1 aliphatic carbocycles. The van der Waals surface area contributed by atoms with Crippen molar-refractivity contribution in [1.29, 1.82) is 0 Å². The molecule has 0 spiro atoms. The van der Waals surface area contributed by atoms with Gasteiger partial charge in [0, 0.05) is 42.6 Å². The van der Waals surface area contributed by atoms with Gasteiger partial charge in [-0.1, -0.05) is 6.92 Å². The summed E-state index contributed by atoms with van der Waals surface area (Å²) >= 11 is 2.00. The van der Waals surface area contributed by atoms with Crippen LogP contribution in [-0.4, -0.2) is 71.7 Å². The van der Waals surface area contributed by atoms with Crippen molar-refractivity contribution in [2.75, 3.05) is 20.3 Å². The molecule has 194 valence electrons. The van der Waals surface area contributed by atoms with Crippen LogP contribution in [-0.2, 0) is 16.1 Å². The molecule has 0 fully saturated rings. The number of carbonyl (C=O) groups is 3. The molecule has 36 heavy (non-hydrogen) atoms. The average molecular weight is 612 g/mol. The fourth-order valence-electron chi connectivity index (χ4n) is 4.01. The third kappa shape index (κ3) is 6.45. The van der Waals surface area contributed by atoms with Crippen LogP contribution < -0.4 is 14.8 Å². The van der Waals surface area contributed by atoms with Crippen LogP contribution in [0.25, 0.3) is 0 Å². The van der Waals surface area contributed by atoms with E-state index in [1.54, 1.807) is 19.1 Å². The second kappa shape index (κ2) is 12.9. The number of nitrogens with one attached hydrogen (secondary N) is 1. The minimum absolute atomic E-state index is 0.0560. The lowest BCUT2D eigenvalue weighted by Gasteiger charge is -2.40. The predicted molar refractivity (Wildman–Crippen MR) is 138 cm³/mol. The maximum Gasteiger partial charge on any atom is 0.247 e. The van der Waals surface area contributed by atoms with Crippen molar-refractivity contribution >= 4 is 40.7 Å². The van der Waals surface area contributed by atoms with Gasteiger partial charge in [0.2, 0.25) is 11.8 Å². The van der Waals surface area contributed by atoms with Gasteiger partial charge >= 0.3 is 0 Å². The van der Waals surface area contributed by atoms with E-state index in [1.807, 2.05) is 22.6 Å². The van der Waals surface area contributed by atoms with E-state index >= 15 is 0 Å². The maximum atomic E-state index is 13.0. The number of benzene rings is 1. The Bertz CT molecular complexity index is 1100. The Morgan fingerprint density at radius 2 is 2.14 bits per heavy atom. The van der Waals surface area contributed by atoms with Crippen molar-refractivity contribution in [2.24, 2.45) is 0 Å². The number of nitrogens with zero attached hydrogens (tertiary/aromatic N) is 1. The van der Waals surface area contributed by atoms with Crippen LogP contribution in [0.3, 0.4) is 0 Å². The summed E-state index contributed by atoms with van der Waals surface area (Å²) in [6, 6.07) is 4.07. The molecular weight excluding hydrogens is 583 g/mol. The number of aldehydes is 1. The highest BCUT2D eigenvalue weighted by Crippen LogP contribution is 2.37. The minimum atomic E-state index is -1.19. The van der Waals surface area contributed by atoms with E-state index in [9.17, 15) is 19.5 Å². The summed E-state index contributed by atoms with van der Waals surface area (Å²) in [5, 5.41) is 23.1. The monoisotopic (exact) mass is 612 g/mol. The highest BCUT2D eigenvalue weighted by atomic mass is 127. The third-order valence-electron chi connectivity index (χ3n) is 5.81. The first-order valence-corrected chi connectivity index (χ1v) is 12.5. The van der Waals surface area contributed by atoms with Gasteiger partial charge in [-0.3, -0.25) is 14.4 Å². The Balaban J connectivity index is 2.01. The number of halogens is 1. The first kappa shape index (κ1) is 27.7. The Labute approximate surface area is 222 Å². The lowest BCUT2D eigenvalue weighted by molar-refractivity contribution is -0.139. The van der Waals surface area contributed by atoms with Gasteiger partial charge in [-0.25, -0.2) is 0 Å². The topological polar surface area (TPSA) is 139 Å². The first-order valence-electron chi connectivity index (χ1n) is 11.4. The number of rotatable bonds is 11. The molecule has 11 heteroatoms. The zero-order valence-electron chi connectivity index (χ0n) is 20.0. The number of hydrogen-bond acceptors (Lipinski definition) is 8. The molecule has 2 amide bonds. The number of carbonyl (C=O) groups excluding carboxylic acids is 3. The normalized spacial score (nSPS) is 19.2. The molecule has 2 aromatic rings. The van der Waals surface area contributed by atoms with E-state index in [-0.39, 0.29) is 44.2 Å². The smallest absolute Gasteiger partial charge is 0.247 e. The van der Waals surface area contributed by atoms with Crippen molar-refractivity contribution in [3.05, 3.63) is 57.1 Å². The number of ether oxygens (including phenoxy) is 2. The molecule has 0 saturated heterocycles. The lowest BCUT2D eigenvalue weighted by Crippen LogP contribution is -2.54. The number of furan rings is 1. The van der Waals surface area contributed by atoms with Gasteiger partial charge in [-0.15, -0.1) is 0 Å². The van der Waals surface area contributed by atoms with Gasteiger partial charge in [0.25, 0.3) is 0 Å². The SMILES string of the molecule is CCC(=O)N(Cc1ccoc1)[C@@H]1CC(C(=O)NCCO)=C[C@H](Oc2c(I)cc(C=O)cc2OC)[C@H]1O. The summed E-state index contributed by atoms with van der Waals surface area (Å²) < 4.78 is 17.3. The van der Waals surface area contributed by atoms with Crippen molar-refractivity contribution < 1.29 is 38.5 Å². The Morgan fingerprint density at radius 1 is 1.36 bits per heavy atom. The number of aliphatic hydroxyl groups is 2. The molecule has 0 aliphatic heterocycles. The van der Waals surface area contributed by atoms with E-state index in [0.29, 0.717) is 26.7 Å². The Morgan fingerprint density at radius 3 is 2.75 bits per heavy atom. The zero-order valence-corrected chi connectivity index (χ0v) is 22.1. The zero-order chi connectivity index (χ0) is 26.2. The number of methoxy groups -OCH3 is 1. The molecule has 10 nitrogen and oxygen atoms in total. The fourth-order valence-corrected chi connectivity index (χ4v) is 4.76. The molecule has 0 bridgehead atoms. The predicted octanol–water partition coefficient (Wildman–Crippen LogP) is 2.06. The van der Waals surface area contributed by atoms with Gasteiger partial charge in [0.1, 0.15) is 18.5 Å². The summed E-state index contributed by atoms with van der Waals surface area (Å²) in [4.78, 5) is 38.6. The molecule has 3 N–H and O–H groups in total. The number of amides is 2. The van der Waals surface area contributed by atoms with Crippen molar-refractivity contribution in [3.63, 3.8) is 0 Å². The molecule has 1 aromatic heterocycles. The van der Waals surface area contributed by atoms with E-state index in [1.165, 1.54) is 36.7 Å². The Kier molecular flexibility index (Phi) is 9.90. The molecule has 1 aliphatic rings. The van der Waals surface area contributed by atoms with Crippen molar-refractivity contribution in [2.45, 2.75) is 44.6 Å². The molecule has 3 atom stereocenters. The van der Waals surface area contributed by atoms with Crippen LogP contribution >= 0.6 is 22.6 Å². The molecule has 0 unspecified atom stereocenters. The average Bonchev–Trinajstić information content (AvgIpc) is 3.40. The molecule has 1 aromatic carbocycles. The summed E-state index contributed by atoms with van der Waals surface area (Å²) in [5.41, 5.74) is 1.44. The summed E-state index contributed by atoms with van der Waals surface area (Å²) in [5.74, 6) is -0.0564. The minimum Gasteiger partial charge on any atom is -0.493 e. The molecular formula is C25H29IN2O8. The van der Waals surface area contributed by atoms with E-state index in [4.69, 9.17) is 19.0 Å². The molecule has 0 saturated carbocycles. The van der Waals surface area contributed by atoms with Crippen molar-refractivity contribution in [3.8, 4) is 11.5 Å². The highest BCUT2D eigenvalue weighted by molar-refractivity contribution is 14.1. The van der Waals surface area contributed by atoms with E-state index in [0.717, 1.165) is 5.56 Å². The quantitative estimate of drug-likeness (QED) is 0.259. The summed E-state index contributed by atoms with van der Waals surface area (Å²) in [6.07, 6.45) is 3.30. The summed E-state index contributed by atoms with van der Waals surface area (Å²) in [6.45, 7) is 1.73. The number of aliphatic hydroxyl groups excluding tert-OH is 2. The second-order valence-corrected chi connectivity index (χ2v) is 9.34. The maximum absolute atomic E-state index is 13.0. The van der Waals surface area contributed by atoms with E-state index in [2.05, 4.69) is 5.32 Å². The largest absolute Gasteiger partial charge is 0.493 e. The van der Waals surface area contributed by atoms with E-state index < -0.39 is 24.2 Å². The number of hydrogen-bond donors (Lipinski definition) is 3. The lowest BCUT2D eigenvalue weighted by atomic mass is 9.87. The summed E-state index contributed by atoms with van der Waals surface area (Å²) in [7, 11) is 1.43. The van der Waals surface area contributed by atoms with Gasteiger partial charge in [-0.05, 0) is 46.9 Å². The fraction of sp³-hybridized carbons (Fsp3) is 0.400. The third-order valence-corrected chi connectivity index (χ3v) is 6.61. The molecule has 0 radical (unpaired) electrons. The van der Waals surface area contributed by atoms with Gasteiger partial charge in [-0.2, -0.15) is 0 Å². The first-order chi connectivity index (χ1) is 17.3. The van der Waals surface area contributed by atoms with Gasteiger partial charge < -0.3 is 34.3 Å². The van der Waals surface area contributed by atoms with Crippen LogP contribution in [0.5, 0.6) is 11.5 Å². The molecule has 1 heterocycles. The molecule has 3 rings (SSSR count). The van der Waals surface area contributed by atoms with Crippen LogP contribution in [0.1, 0.15) is 35.7 Å². The van der Waals surface area contributed by atoms with Crippen LogP contribution in [0.15, 0.2) is 46.8 Å². The second-order valence-electron chi connectivity index (χ2n) is 8.17. The van der Waals surface area contributed by atoms with Crippen LogP contribution in [0, 0.1) is 3.57 Å². The van der Waals surface area contributed by atoms with Crippen molar-refractivity contribution in [1.82, 2.24) is 10.2 Å². The van der Waals surface area contributed by atoms with Crippen LogP contribution in [0.2, 0.25) is 0 Å². The highest BCUT2D eigenvalue weighted by Gasteiger charge is 2.40. The Hall–Kier alpha value is -2.90. The standard InChI is InChI=1S/C25H29IN2O8/c1-3-22(31)28(12-15-4-7-35-14-15)19-10-17(25(33)27-5-6-29)11-20(23(19)32)36-24-18(26)8-16(13-30)9-21(24)34-2/h4,7-9,11,13-14,19-20,23,29,32H,3,5-6,10,12H2,1-2H3,(H,27,33)/t19-,20+,23+/m1/s1. The van der Waals surface area contributed by atoms with Gasteiger partial charge in [0.05, 0.1) is 35.9 Å².